The Kier molecular flexibility index (Phi) is 5.18. The van der Waals surface area contributed by atoms with Crippen LogP contribution in [0.15, 0.2) is 54.6 Å². The number of halogens is 3. The van der Waals surface area contributed by atoms with Gasteiger partial charge in [0.05, 0.1) is 0 Å². The second-order valence-electron chi connectivity index (χ2n) is 5.09. The molecule has 0 aliphatic heterocycles. The normalized spacial score (nSPS) is 11.5. The summed E-state index contributed by atoms with van der Waals surface area (Å²) < 4.78 is 36.7. The lowest BCUT2D eigenvalue weighted by atomic mass is 10.0. The van der Waals surface area contributed by atoms with Gasteiger partial charge in [0.2, 0.25) is 0 Å². The molecule has 0 saturated heterocycles. The van der Waals surface area contributed by atoms with E-state index >= 15 is 0 Å². The van der Waals surface area contributed by atoms with Crippen LogP contribution in [0.25, 0.3) is 6.08 Å². The first kappa shape index (κ1) is 17.5. The number of ketones is 1. The lowest BCUT2D eigenvalue weighted by Gasteiger charge is -2.08. The number of allylic oxidation sites excluding steroid dienone is 1. The van der Waals surface area contributed by atoms with Gasteiger partial charge in [-0.05, 0) is 36.3 Å². The third-order valence-corrected chi connectivity index (χ3v) is 3.24. The monoisotopic (exact) mass is 333 g/mol. The van der Waals surface area contributed by atoms with Crippen LogP contribution in [0.2, 0.25) is 0 Å². The van der Waals surface area contributed by atoms with E-state index in [9.17, 15) is 22.8 Å². The Balaban J connectivity index is 2.13. The molecule has 2 rings (SSSR count). The topological polar surface area (TPSA) is 46.2 Å². The van der Waals surface area contributed by atoms with Crippen molar-refractivity contribution in [1.82, 2.24) is 0 Å². The van der Waals surface area contributed by atoms with E-state index in [4.69, 9.17) is 0 Å². The Labute approximate surface area is 136 Å². The van der Waals surface area contributed by atoms with Gasteiger partial charge in [-0.1, -0.05) is 42.5 Å². The highest BCUT2D eigenvalue weighted by atomic mass is 19.4. The van der Waals surface area contributed by atoms with Crippen LogP contribution in [0.3, 0.4) is 0 Å². The van der Waals surface area contributed by atoms with Gasteiger partial charge in [-0.25, -0.2) is 0 Å². The van der Waals surface area contributed by atoms with E-state index < -0.39 is 12.1 Å². The number of amides is 1. The minimum absolute atomic E-state index is 0.00261. The third-order valence-electron chi connectivity index (χ3n) is 3.24. The first-order valence-electron chi connectivity index (χ1n) is 7.03. The van der Waals surface area contributed by atoms with Gasteiger partial charge in [0.1, 0.15) is 0 Å². The van der Waals surface area contributed by atoms with Crippen LogP contribution in [0.5, 0.6) is 0 Å². The zero-order chi connectivity index (χ0) is 17.7. The second kappa shape index (κ2) is 7.12. The number of carbonyl (C=O) groups excluding carboxylic acids is 2. The van der Waals surface area contributed by atoms with Crippen LogP contribution in [0, 0.1) is 6.92 Å². The molecule has 0 aliphatic rings. The average Bonchev–Trinajstić information content (AvgIpc) is 2.52. The number of carbonyl (C=O) groups is 2. The van der Waals surface area contributed by atoms with Gasteiger partial charge in [-0.2, -0.15) is 13.2 Å². The number of alkyl halides is 3. The molecule has 0 atom stereocenters. The van der Waals surface area contributed by atoms with Crippen molar-refractivity contribution >= 4 is 23.5 Å². The standard InChI is InChI=1S/C18H14F3NO2/c1-12-5-2-3-8-15(12)16(23)10-9-13-6-4-7-14(11-13)22-17(24)18(19,20)21/h2-11H,1H3,(H,22,24)/b10-9+. The molecule has 24 heavy (non-hydrogen) atoms. The van der Waals surface area contributed by atoms with E-state index in [1.54, 1.807) is 23.5 Å². The fraction of sp³-hybridized carbons (Fsp3) is 0.111. The largest absolute Gasteiger partial charge is 0.471 e. The van der Waals surface area contributed by atoms with Crippen molar-refractivity contribution in [1.29, 1.82) is 0 Å². The highest BCUT2D eigenvalue weighted by Gasteiger charge is 2.38. The van der Waals surface area contributed by atoms with Gasteiger partial charge in [0.25, 0.3) is 0 Å². The predicted octanol–water partition coefficient (Wildman–Crippen LogP) is 4.39. The fourth-order valence-corrected chi connectivity index (χ4v) is 2.03. The predicted molar refractivity (Wildman–Crippen MR) is 85.7 cm³/mol. The maximum Gasteiger partial charge on any atom is 0.471 e. The molecule has 0 radical (unpaired) electrons. The molecule has 1 N–H and O–H groups in total. The molecule has 2 aromatic rings. The van der Waals surface area contributed by atoms with E-state index in [1.807, 2.05) is 19.1 Å². The molecular formula is C18H14F3NO2. The molecular weight excluding hydrogens is 319 g/mol. The summed E-state index contributed by atoms with van der Waals surface area (Å²) >= 11 is 0. The Morgan fingerprint density at radius 3 is 2.42 bits per heavy atom. The Hall–Kier alpha value is -2.89. The van der Waals surface area contributed by atoms with Crippen molar-refractivity contribution in [2.75, 3.05) is 5.32 Å². The van der Waals surface area contributed by atoms with Crippen molar-refractivity contribution in [3.8, 4) is 0 Å². The lowest BCUT2D eigenvalue weighted by Crippen LogP contribution is -2.29. The number of hydrogen-bond acceptors (Lipinski definition) is 2. The van der Waals surface area contributed by atoms with Crippen molar-refractivity contribution < 1.29 is 22.8 Å². The molecule has 0 bridgehead atoms. The smallest absolute Gasteiger partial charge is 0.318 e. The molecule has 124 valence electrons. The minimum atomic E-state index is -4.95. The van der Waals surface area contributed by atoms with E-state index in [-0.39, 0.29) is 11.5 Å². The molecule has 0 fully saturated rings. The van der Waals surface area contributed by atoms with E-state index in [2.05, 4.69) is 0 Å². The summed E-state index contributed by atoms with van der Waals surface area (Å²) in [4.78, 5) is 23.1. The highest BCUT2D eigenvalue weighted by Crippen LogP contribution is 2.19. The summed E-state index contributed by atoms with van der Waals surface area (Å²) in [5.41, 5.74) is 1.88. The van der Waals surface area contributed by atoms with Crippen LogP contribution in [0.4, 0.5) is 18.9 Å². The van der Waals surface area contributed by atoms with Gasteiger partial charge in [-0.3, -0.25) is 9.59 Å². The molecule has 0 aliphatic carbocycles. The number of anilines is 1. The first-order valence-corrected chi connectivity index (χ1v) is 7.03. The van der Waals surface area contributed by atoms with Crippen molar-refractivity contribution in [3.63, 3.8) is 0 Å². The summed E-state index contributed by atoms with van der Waals surface area (Å²) in [7, 11) is 0. The molecule has 1 amide bonds. The molecule has 2 aromatic carbocycles. The van der Waals surface area contributed by atoms with Gasteiger partial charge >= 0.3 is 12.1 Å². The van der Waals surface area contributed by atoms with Gasteiger partial charge in [-0.15, -0.1) is 0 Å². The summed E-state index contributed by atoms with van der Waals surface area (Å²) in [5, 5.41) is 1.77. The maximum atomic E-state index is 12.2. The van der Waals surface area contributed by atoms with Crippen molar-refractivity contribution in [2.24, 2.45) is 0 Å². The minimum Gasteiger partial charge on any atom is -0.318 e. The zero-order valence-electron chi connectivity index (χ0n) is 12.7. The first-order chi connectivity index (χ1) is 11.3. The van der Waals surface area contributed by atoms with Crippen LogP contribution < -0.4 is 5.32 Å². The molecule has 0 spiro atoms. The van der Waals surface area contributed by atoms with Crippen molar-refractivity contribution in [2.45, 2.75) is 13.1 Å². The quantitative estimate of drug-likeness (QED) is 0.666. The fourth-order valence-electron chi connectivity index (χ4n) is 2.03. The highest BCUT2D eigenvalue weighted by molar-refractivity contribution is 6.07. The van der Waals surface area contributed by atoms with Crippen molar-refractivity contribution in [3.05, 3.63) is 71.3 Å². The number of aryl methyl sites for hydroxylation is 1. The molecule has 0 saturated carbocycles. The van der Waals surface area contributed by atoms with Crippen LogP contribution >= 0.6 is 0 Å². The Morgan fingerprint density at radius 1 is 1.04 bits per heavy atom. The zero-order valence-corrected chi connectivity index (χ0v) is 12.7. The number of nitrogens with one attached hydrogen (secondary N) is 1. The molecule has 0 aromatic heterocycles. The molecule has 0 heterocycles. The van der Waals surface area contributed by atoms with Crippen LogP contribution in [0.1, 0.15) is 21.5 Å². The van der Waals surface area contributed by atoms with Crippen LogP contribution in [-0.2, 0) is 4.79 Å². The van der Waals surface area contributed by atoms with E-state index in [0.717, 1.165) is 5.56 Å². The van der Waals surface area contributed by atoms with Gasteiger partial charge < -0.3 is 5.32 Å². The SMILES string of the molecule is Cc1ccccc1C(=O)/C=C/c1cccc(NC(=O)C(F)(F)F)c1. The molecule has 3 nitrogen and oxygen atoms in total. The number of hydrogen-bond donors (Lipinski definition) is 1. The Bertz CT molecular complexity index is 795. The third kappa shape index (κ3) is 4.55. The summed E-state index contributed by atoms with van der Waals surface area (Å²) in [6.45, 7) is 1.81. The summed E-state index contributed by atoms with van der Waals surface area (Å²) in [5.74, 6) is -2.25. The second-order valence-corrected chi connectivity index (χ2v) is 5.09. The average molecular weight is 333 g/mol. The van der Waals surface area contributed by atoms with E-state index in [1.165, 1.54) is 30.4 Å². The Morgan fingerprint density at radius 2 is 1.75 bits per heavy atom. The summed E-state index contributed by atoms with van der Waals surface area (Å²) in [6.07, 6.45) is -2.13. The van der Waals surface area contributed by atoms with E-state index in [0.29, 0.717) is 11.1 Å². The maximum absolute atomic E-state index is 12.2. The van der Waals surface area contributed by atoms with Crippen LogP contribution in [-0.4, -0.2) is 17.9 Å². The van der Waals surface area contributed by atoms with Gasteiger partial charge in [0, 0.05) is 11.3 Å². The number of rotatable bonds is 4. The molecule has 0 unspecified atom stereocenters. The summed E-state index contributed by atoms with van der Waals surface area (Å²) in [6, 6.07) is 12.9. The van der Waals surface area contributed by atoms with Gasteiger partial charge in [0.15, 0.2) is 5.78 Å². The lowest BCUT2D eigenvalue weighted by molar-refractivity contribution is -0.167. The molecule has 6 heteroatoms. The number of benzene rings is 2.